The number of fused-ring (bicyclic) bond motifs is 6. The summed E-state index contributed by atoms with van der Waals surface area (Å²) in [5.41, 5.74) is 6.78. The van der Waals surface area contributed by atoms with E-state index in [4.69, 9.17) is 42.7 Å². The molecule has 0 bridgehead atoms. The number of likely N-dealkylation sites (N-methyl/N-ethyl adjacent to an activating group) is 1. The number of thiophene rings is 2. The molecule has 1 saturated heterocycles. The van der Waals surface area contributed by atoms with Gasteiger partial charge in [0, 0.05) is 83.0 Å². The van der Waals surface area contributed by atoms with Gasteiger partial charge in [-0.05, 0) is 90.0 Å². The first kappa shape index (κ1) is 53.1. The Balaban J connectivity index is 0.759. The lowest BCUT2D eigenvalue weighted by Crippen LogP contribution is -2.45. The van der Waals surface area contributed by atoms with Crippen LogP contribution < -0.4 is 16.0 Å². The summed E-state index contributed by atoms with van der Waals surface area (Å²) in [4.78, 5) is 57.6. The summed E-state index contributed by atoms with van der Waals surface area (Å²) < 4.78 is 15.5. The van der Waals surface area contributed by atoms with Gasteiger partial charge in [-0.3, -0.25) is 33.5 Å². The molecule has 390 valence electrons. The molecule has 1 fully saturated rings. The predicted molar refractivity (Wildman–Crippen MR) is 290 cm³/mol. The first-order chi connectivity index (χ1) is 35.7. The maximum absolute atomic E-state index is 13.9. The van der Waals surface area contributed by atoms with Crippen LogP contribution in [0.3, 0.4) is 0 Å². The number of nitrogens with one attached hydrogen (secondary N) is 3. The van der Waals surface area contributed by atoms with Crippen LogP contribution in [0.2, 0.25) is 10.0 Å². The number of aromatic nitrogens is 6. The van der Waals surface area contributed by atoms with Gasteiger partial charge in [-0.2, -0.15) is 0 Å². The molecule has 4 aromatic heterocycles. The smallest absolute Gasteiger partial charge is 0.261 e. The van der Waals surface area contributed by atoms with E-state index < -0.39 is 12.1 Å². The van der Waals surface area contributed by atoms with Gasteiger partial charge in [0.1, 0.15) is 33.7 Å². The zero-order valence-corrected chi connectivity index (χ0v) is 45.6. The Morgan fingerprint density at radius 1 is 0.622 bits per heavy atom. The number of carbonyl (C=O) groups is 3. The number of ether oxygens (including phenoxy) is 2. The predicted octanol–water partition coefficient (Wildman–Crippen LogP) is 6.72. The highest BCUT2D eigenvalue weighted by molar-refractivity contribution is 7.17. The molecule has 2 atom stereocenters. The average molecular weight is 1080 g/mol. The summed E-state index contributed by atoms with van der Waals surface area (Å²) in [7, 11) is 2.14. The first-order valence-corrected chi connectivity index (χ1v) is 27.3. The normalized spacial score (nSPS) is 16.5. The Morgan fingerprint density at radius 2 is 1.11 bits per heavy atom. The number of hydrogen-bond donors (Lipinski definition) is 3. The minimum absolute atomic E-state index is 0.0713. The number of halogens is 2. The molecule has 3 aliphatic heterocycles. The molecule has 22 heteroatoms. The highest BCUT2D eigenvalue weighted by atomic mass is 35.5. The number of carbonyl (C=O) groups excluding carboxylic acids is 3. The molecule has 6 aromatic rings. The minimum Gasteiger partial charge on any atom is -0.377 e. The molecule has 0 radical (unpaired) electrons. The van der Waals surface area contributed by atoms with E-state index in [1.54, 1.807) is 23.5 Å². The number of hydrogen-bond acceptors (Lipinski definition) is 15. The van der Waals surface area contributed by atoms with Crippen LogP contribution in [0.25, 0.3) is 10.0 Å². The summed E-state index contributed by atoms with van der Waals surface area (Å²) in [5, 5.41) is 29.9. The number of rotatable bonds is 20. The van der Waals surface area contributed by atoms with Crippen LogP contribution in [0, 0.1) is 34.6 Å². The third-order valence-electron chi connectivity index (χ3n) is 13.5. The first-order valence-electron chi connectivity index (χ1n) is 24.9. The highest BCUT2D eigenvalue weighted by Gasteiger charge is 2.35. The molecule has 9 rings (SSSR count). The molecule has 18 nitrogen and oxygen atoms in total. The van der Waals surface area contributed by atoms with Gasteiger partial charge >= 0.3 is 0 Å². The van der Waals surface area contributed by atoms with Gasteiger partial charge in [-0.1, -0.05) is 47.5 Å². The zero-order chi connectivity index (χ0) is 52.0. The maximum Gasteiger partial charge on any atom is 0.261 e. The highest BCUT2D eigenvalue weighted by Crippen LogP contribution is 2.41. The van der Waals surface area contributed by atoms with Crippen molar-refractivity contribution >= 4 is 75.0 Å². The third-order valence-corrected chi connectivity index (χ3v) is 16.5. The quantitative estimate of drug-likeness (QED) is 0.0687. The summed E-state index contributed by atoms with van der Waals surface area (Å²) in [6, 6.07) is 13.8. The molecule has 3 amide bonds. The standard InChI is InChI=1S/C52H61Cl2N13O5S2/c1-30-32(3)73-51-43(30)45(35-8-12-37(53)13-9-35)58-40(48-62-60-33(4)66(48)51)29-42(69)56-17-24-71-26-27-72-25-18-57-50(70)47-31(2)44-46(36-10-14-38(54)15-11-36)59-39(49-63-61-34(5)67(49)52(44)74-47)28-41(68)55-16-7-19-65-22-20-64(6)21-23-65/h8-15,39-40H,7,16-29H2,1-6H3,(H,55,68)(H,56,69)(H,57,70)/t39?,40-/m0/s1. The van der Waals surface area contributed by atoms with Gasteiger partial charge in [-0.15, -0.1) is 43.1 Å². The van der Waals surface area contributed by atoms with Crippen LogP contribution >= 0.6 is 45.9 Å². The van der Waals surface area contributed by atoms with Crippen molar-refractivity contribution in [2.75, 3.05) is 85.8 Å². The van der Waals surface area contributed by atoms with Crippen LogP contribution in [-0.4, -0.2) is 154 Å². The lowest BCUT2D eigenvalue weighted by molar-refractivity contribution is -0.122. The van der Waals surface area contributed by atoms with Crippen LogP contribution in [0.15, 0.2) is 58.5 Å². The lowest BCUT2D eigenvalue weighted by atomic mass is 9.99. The zero-order valence-electron chi connectivity index (χ0n) is 42.5. The second kappa shape index (κ2) is 23.9. The fourth-order valence-corrected chi connectivity index (χ4v) is 12.1. The Morgan fingerprint density at radius 3 is 1.65 bits per heavy atom. The summed E-state index contributed by atoms with van der Waals surface area (Å²) in [6.45, 7) is 17.2. The van der Waals surface area contributed by atoms with Crippen molar-refractivity contribution in [1.82, 2.24) is 55.3 Å². The number of piperazine rings is 1. The van der Waals surface area contributed by atoms with Crippen LogP contribution in [0.1, 0.15) is 103 Å². The molecule has 2 aromatic carbocycles. The van der Waals surface area contributed by atoms with E-state index in [9.17, 15) is 14.4 Å². The molecular formula is C52H61Cl2N13O5S2. The third kappa shape index (κ3) is 11.9. The molecule has 0 spiro atoms. The van der Waals surface area contributed by atoms with E-state index in [2.05, 4.69) is 67.0 Å². The Bertz CT molecular complexity index is 3060. The van der Waals surface area contributed by atoms with Crippen molar-refractivity contribution < 1.29 is 23.9 Å². The van der Waals surface area contributed by atoms with Crippen LogP contribution in [0.4, 0.5) is 0 Å². The lowest BCUT2D eigenvalue weighted by Gasteiger charge is -2.32. The number of amides is 3. The number of aliphatic imine (C=N–C) groups is 2. The van der Waals surface area contributed by atoms with Gasteiger partial charge in [-0.25, -0.2) is 0 Å². The van der Waals surface area contributed by atoms with Crippen molar-refractivity contribution in [3.05, 3.63) is 125 Å². The van der Waals surface area contributed by atoms with Crippen molar-refractivity contribution in [3.63, 3.8) is 0 Å². The van der Waals surface area contributed by atoms with Gasteiger partial charge in [0.05, 0.1) is 55.6 Å². The van der Waals surface area contributed by atoms with Crippen LogP contribution in [0.5, 0.6) is 0 Å². The van der Waals surface area contributed by atoms with E-state index in [0.717, 1.165) is 94.1 Å². The van der Waals surface area contributed by atoms with Crippen molar-refractivity contribution in [2.45, 2.75) is 66.0 Å². The topological polar surface area (TPSA) is 198 Å². The molecule has 0 saturated carbocycles. The monoisotopic (exact) mass is 1080 g/mol. The number of aryl methyl sites for hydroxylation is 3. The molecule has 7 heterocycles. The molecule has 3 N–H and O–H groups in total. The van der Waals surface area contributed by atoms with E-state index in [1.807, 2.05) is 66.3 Å². The number of nitrogens with zero attached hydrogens (tertiary/aromatic N) is 10. The van der Waals surface area contributed by atoms with E-state index in [-0.39, 0.29) is 50.3 Å². The largest absolute Gasteiger partial charge is 0.377 e. The average Bonchev–Trinajstić information content (AvgIpc) is 4.09. The molecule has 3 aliphatic rings. The SMILES string of the molecule is Cc1sc2c(c1C)C(c1ccc(Cl)cc1)=N[C@@H](CC(=O)NCCOCCOCCNC(=O)c1sc3c(c1C)C(c1ccc(Cl)cc1)=NC(CC(=O)NCCCN1CCN(C)CC1)c1nnc(C)n1-3)c1nnc(C)n1-2. The Hall–Kier alpha value is -5.71. The molecule has 1 unspecified atom stereocenters. The molecule has 0 aliphatic carbocycles. The summed E-state index contributed by atoms with van der Waals surface area (Å²) >= 11 is 15.6. The fraction of sp³-hybridized carbons (Fsp3) is 0.442. The second-order valence-electron chi connectivity index (χ2n) is 18.7. The molecule has 74 heavy (non-hydrogen) atoms. The van der Waals surface area contributed by atoms with Gasteiger partial charge in [0.25, 0.3) is 5.91 Å². The van der Waals surface area contributed by atoms with E-state index >= 15 is 0 Å². The van der Waals surface area contributed by atoms with Crippen molar-refractivity contribution in [1.29, 1.82) is 0 Å². The van der Waals surface area contributed by atoms with Crippen molar-refractivity contribution in [3.8, 4) is 10.0 Å². The van der Waals surface area contributed by atoms with Gasteiger partial charge < -0.3 is 35.2 Å². The molecular weight excluding hydrogens is 1020 g/mol. The summed E-state index contributed by atoms with van der Waals surface area (Å²) in [6.07, 6.45) is 1.01. The fourth-order valence-electron chi connectivity index (χ4n) is 9.37. The number of benzene rings is 2. The minimum atomic E-state index is -0.628. The van der Waals surface area contributed by atoms with Gasteiger partial charge in [0.15, 0.2) is 11.6 Å². The van der Waals surface area contributed by atoms with Crippen molar-refractivity contribution in [2.24, 2.45) is 9.98 Å². The Labute approximate surface area is 448 Å². The summed E-state index contributed by atoms with van der Waals surface area (Å²) in [5.74, 6) is 1.93. The maximum atomic E-state index is 13.9. The van der Waals surface area contributed by atoms with E-state index in [1.165, 1.54) is 16.2 Å². The Kier molecular flexibility index (Phi) is 17.1. The van der Waals surface area contributed by atoms with Crippen LogP contribution in [-0.2, 0) is 19.1 Å². The van der Waals surface area contributed by atoms with E-state index in [0.29, 0.717) is 64.4 Å². The van der Waals surface area contributed by atoms with Gasteiger partial charge in [0.2, 0.25) is 11.8 Å². The second-order valence-corrected chi connectivity index (χ2v) is 21.7.